The number of hydrogen-bond acceptors (Lipinski definition) is 5. The fraction of sp³-hybridized carbons (Fsp3) is 0.526. The largest absolute Gasteiger partial charge is 0.449 e. The average Bonchev–Trinajstić information content (AvgIpc) is 3.14. The standard InChI is InChI=1S/C19H24N4O4/c24-18(20-8-12-23-9-3-13-26-19(23)25)22-10-6-14(7-11-22)17-21-15-4-1-2-5-16(15)27-17/h1-2,4-5,14H,3,6-13H2,(H,20,24). The van der Waals surface area contributed by atoms with E-state index >= 15 is 0 Å². The number of urea groups is 1. The summed E-state index contributed by atoms with van der Waals surface area (Å²) in [4.78, 5) is 31.9. The lowest BCUT2D eigenvalue weighted by atomic mass is 9.97. The van der Waals surface area contributed by atoms with Gasteiger partial charge < -0.3 is 24.3 Å². The van der Waals surface area contributed by atoms with E-state index in [1.807, 2.05) is 29.2 Å². The molecule has 2 saturated heterocycles. The van der Waals surface area contributed by atoms with Crippen LogP contribution in [0.3, 0.4) is 0 Å². The summed E-state index contributed by atoms with van der Waals surface area (Å²) in [7, 11) is 0. The minimum absolute atomic E-state index is 0.0867. The van der Waals surface area contributed by atoms with Crippen molar-refractivity contribution in [2.45, 2.75) is 25.2 Å². The molecule has 0 atom stereocenters. The van der Waals surface area contributed by atoms with Gasteiger partial charge in [-0.25, -0.2) is 14.6 Å². The van der Waals surface area contributed by atoms with E-state index in [4.69, 9.17) is 9.15 Å². The van der Waals surface area contributed by atoms with E-state index < -0.39 is 0 Å². The summed E-state index contributed by atoms with van der Waals surface area (Å²) in [6.45, 7) is 3.41. The predicted octanol–water partition coefficient (Wildman–Crippen LogP) is 2.56. The molecule has 2 aliphatic heterocycles. The van der Waals surface area contributed by atoms with Crippen molar-refractivity contribution < 1.29 is 18.7 Å². The number of likely N-dealkylation sites (tertiary alicyclic amines) is 1. The van der Waals surface area contributed by atoms with Crippen molar-refractivity contribution in [3.63, 3.8) is 0 Å². The molecule has 8 nitrogen and oxygen atoms in total. The van der Waals surface area contributed by atoms with Crippen LogP contribution in [-0.2, 0) is 4.74 Å². The number of cyclic esters (lactones) is 1. The quantitative estimate of drug-likeness (QED) is 0.891. The van der Waals surface area contributed by atoms with Crippen LogP contribution in [-0.4, -0.2) is 66.2 Å². The first kappa shape index (κ1) is 17.6. The molecule has 8 heteroatoms. The molecule has 3 amide bonds. The van der Waals surface area contributed by atoms with E-state index in [0.29, 0.717) is 39.3 Å². The van der Waals surface area contributed by atoms with Crippen LogP contribution in [0.5, 0.6) is 0 Å². The minimum atomic E-state index is -0.297. The number of nitrogens with zero attached hydrogens (tertiary/aromatic N) is 3. The third-order valence-electron chi connectivity index (χ3n) is 5.16. The molecule has 0 bridgehead atoms. The van der Waals surface area contributed by atoms with Crippen LogP contribution in [0.15, 0.2) is 28.7 Å². The van der Waals surface area contributed by atoms with Crippen LogP contribution >= 0.6 is 0 Å². The lowest BCUT2D eigenvalue weighted by Gasteiger charge is -2.31. The number of carbonyl (C=O) groups is 2. The summed E-state index contributed by atoms with van der Waals surface area (Å²) in [6, 6.07) is 7.67. The molecule has 0 aliphatic carbocycles. The van der Waals surface area contributed by atoms with Gasteiger partial charge in [-0.3, -0.25) is 0 Å². The van der Waals surface area contributed by atoms with E-state index in [9.17, 15) is 9.59 Å². The molecule has 0 unspecified atom stereocenters. The SMILES string of the molecule is O=C(NCCN1CCCOC1=O)N1CCC(c2nc3ccccc3o2)CC1. The summed E-state index contributed by atoms with van der Waals surface area (Å²) in [5.74, 6) is 1.00. The Balaban J connectivity index is 1.23. The molecule has 2 fully saturated rings. The van der Waals surface area contributed by atoms with Crippen molar-refractivity contribution >= 4 is 23.2 Å². The van der Waals surface area contributed by atoms with Crippen LogP contribution in [0.1, 0.15) is 31.1 Å². The maximum Gasteiger partial charge on any atom is 0.409 e. The van der Waals surface area contributed by atoms with Crippen LogP contribution in [0, 0.1) is 0 Å². The number of fused-ring (bicyclic) bond motifs is 1. The predicted molar refractivity (Wildman–Crippen MR) is 98.5 cm³/mol. The van der Waals surface area contributed by atoms with Gasteiger partial charge in [0.1, 0.15) is 5.52 Å². The molecule has 0 radical (unpaired) electrons. The van der Waals surface area contributed by atoms with Gasteiger partial charge in [0.05, 0.1) is 6.61 Å². The molecule has 0 spiro atoms. The highest BCUT2D eigenvalue weighted by Gasteiger charge is 2.27. The number of oxazole rings is 1. The Hall–Kier alpha value is -2.77. The third kappa shape index (κ3) is 3.99. The Morgan fingerprint density at radius 1 is 1.22 bits per heavy atom. The highest BCUT2D eigenvalue weighted by molar-refractivity contribution is 5.74. The van der Waals surface area contributed by atoms with E-state index in [1.165, 1.54) is 0 Å². The Morgan fingerprint density at radius 2 is 2.04 bits per heavy atom. The number of aromatic nitrogens is 1. The Labute approximate surface area is 157 Å². The Kier molecular flexibility index (Phi) is 5.13. The summed E-state index contributed by atoms with van der Waals surface area (Å²) >= 11 is 0. The van der Waals surface area contributed by atoms with Gasteiger partial charge in [0.2, 0.25) is 0 Å². The second kappa shape index (κ2) is 7.85. The number of ether oxygens (including phenoxy) is 1. The van der Waals surface area contributed by atoms with Crippen molar-refractivity contribution in [1.29, 1.82) is 0 Å². The van der Waals surface area contributed by atoms with Crippen LogP contribution < -0.4 is 5.32 Å². The molecule has 1 N–H and O–H groups in total. The fourth-order valence-electron chi connectivity index (χ4n) is 3.60. The first-order valence-electron chi connectivity index (χ1n) is 9.50. The lowest BCUT2D eigenvalue weighted by Crippen LogP contribution is -2.47. The second-order valence-electron chi connectivity index (χ2n) is 6.97. The van der Waals surface area contributed by atoms with Gasteiger partial charge in [-0.15, -0.1) is 0 Å². The van der Waals surface area contributed by atoms with Gasteiger partial charge in [-0.2, -0.15) is 0 Å². The van der Waals surface area contributed by atoms with Gasteiger partial charge in [0.25, 0.3) is 0 Å². The zero-order valence-corrected chi connectivity index (χ0v) is 15.2. The zero-order chi connectivity index (χ0) is 18.6. The fourth-order valence-corrected chi connectivity index (χ4v) is 3.60. The van der Waals surface area contributed by atoms with Gasteiger partial charge in [0, 0.05) is 38.6 Å². The average molecular weight is 372 g/mol. The maximum absolute atomic E-state index is 12.3. The number of amides is 3. The zero-order valence-electron chi connectivity index (χ0n) is 15.2. The molecule has 27 heavy (non-hydrogen) atoms. The smallest absolute Gasteiger partial charge is 0.409 e. The van der Waals surface area contributed by atoms with Crippen molar-refractivity contribution in [1.82, 2.24) is 20.1 Å². The molecule has 0 saturated carbocycles. The maximum atomic E-state index is 12.3. The molecule has 2 aliphatic rings. The Morgan fingerprint density at radius 3 is 2.81 bits per heavy atom. The van der Waals surface area contributed by atoms with Crippen molar-refractivity contribution in [3.8, 4) is 0 Å². The normalized spacial score (nSPS) is 18.6. The summed E-state index contributed by atoms with van der Waals surface area (Å²) < 4.78 is 10.9. The molecule has 4 rings (SSSR count). The van der Waals surface area contributed by atoms with Gasteiger partial charge in [-0.05, 0) is 31.4 Å². The molecule has 144 valence electrons. The van der Waals surface area contributed by atoms with Crippen LogP contribution in [0.2, 0.25) is 0 Å². The number of piperidine rings is 1. The number of nitrogens with one attached hydrogen (secondary N) is 1. The Bertz CT molecular complexity index is 780. The van der Waals surface area contributed by atoms with Crippen LogP contribution in [0.4, 0.5) is 9.59 Å². The molecular weight excluding hydrogens is 348 g/mol. The number of carbonyl (C=O) groups excluding carboxylic acids is 2. The molecule has 3 heterocycles. The second-order valence-corrected chi connectivity index (χ2v) is 6.97. The molecular formula is C19H24N4O4. The first-order valence-corrected chi connectivity index (χ1v) is 9.50. The monoisotopic (exact) mass is 372 g/mol. The molecule has 1 aromatic carbocycles. The first-order chi connectivity index (χ1) is 13.2. The van der Waals surface area contributed by atoms with Crippen LogP contribution in [0.25, 0.3) is 11.1 Å². The summed E-state index contributed by atoms with van der Waals surface area (Å²) in [5, 5.41) is 2.89. The van der Waals surface area contributed by atoms with Gasteiger partial charge >= 0.3 is 12.1 Å². The van der Waals surface area contributed by atoms with Crippen molar-refractivity contribution in [3.05, 3.63) is 30.2 Å². The molecule has 1 aromatic heterocycles. The number of hydrogen-bond donors (Lipinski definition) is 1. The number of benzene rings is 1. The number of para-hydroxylation sites is 2. The minimum Gasteiger partial charge on any atom is -0.449 e. The van der Waals surface area contributed by atoms with Crippen molar-refractivity contribution in [2.75, 3.05) is 39.3 Å². The lowest BCUT2D eigenvalue weighted by molar-refractivity contribution is 0.0732. The summed E-state index contributed by atoms with van der Waals surface area (Å²) in [5.41, 5.74) is 1.69. The number of rotatable bonds is 4. The van der Waals surface area contributed by atoms with E-state index in [0.717, 1.165) is 36.3 Å². The molecule has 2 aromatic rings. The highest BCUT2D eigenvalue weighted by atomic mass is 16.6. The van der Waals surface area contributed by atoms with Gasteiger partial charge in [0.15, 0.2) is 11.5 Å². The highest BCUT2D eigenvalue weighted by Crippen LogP contribution is 2.29. The third-order valence-corrected chi connectivity index (χ3v) is 5.16. The van der Waals surface area contributed by atoms with Crippen molar-refractivity contribution in [2.24, 2.45) is 0 Å². The topological polar surface area (TPSA) is 87.9 Å². The van der Waals surface area contributed by atoms with Gasteiger partial charge in [-0.1, -0.05) is 12.1 Å². The van der Waals surface area contributed by atoms with E-state index in [1.54, 1.807) is 4.90 Å². The summed E-state index contributed by atoms with van der Waals surface area (Å²) in [6.07, 6.45) is 2.20. The van der Waals surface area contributed by atoms with E-state index in [-0.39, 0.29) is 18.0 Å². The van der Waals surface area contributed by atoms with E-state index in [2.05, 4.69) is 10.3 Å².